The molecule has 1 atom stereocenters. The lowest BCUT2D eigenvalue weighted by atomic mass is 10.2. The van der Waals surface area contributed by atoms with Crippen molar-refractivity contribution in [2.24, 2.45) is 0 Å². The van der Waals surface area contributed by atoms with E-state index in [1.807, 2.05) is 19.1 Å². The Morgan fingerprint density at radius 1 is 1.24 bits per heavy atom. The molecule has 1 unspecified atom stereocenters. The minimum absolute atomic E-state index is 0.0429. The third-order valence-corrected chi connectivity index (χ3v) is 4.74. The predicted molar refractivity (Wildman–Crippen MR) is 96.7 cm³/mol. The van der Waals surface area contributed by atoms with Crippen LogP contribution < -0.4 is 10.2 Å². The number of aromatic nitrogens is 4. The number of fused-ring (bicyclic) bond motifs is 1. The Hall–Kier alpha value is -2.22. The standard InChI is InChI=1S/C17H27N7O/c1-4-13(2)18-17(25)8-7-15-20-19-14-5-6-16(21-24(14)15)23-11-9-22(3)10-12-23/h5-6,13H,4,7-12H2,1-3H3,(H,18,25). The van der Waals surface area contributed by atoms with E-state index in [9.17, 15) is 4.79 Å². The van der Waals surface area contributed by atoms with Gasteiger partial charge in [-0.3, -0.25) is 4.79 Å². The van der Waals surface area contributed by atoms with E-state index >= 15 is 0 Å². The topological polar surface area (TPSA) is 78.7 Å². The number of nitrogens with zero attached hydrogens (tertiary/aromatic N) is 6. The lowest BCUT2D eigenvalue weighted by Crippen LogP contribution is -2.45. The maximum absolute atomic E-state index is 12.0. The summed E-state index contributed by atoms with van der Waals surface area (Å²) in [4.78, 5) is 16.6. The second-order valence-electron chi connectivity index (χ2n) is 6.74. The molecule has 1 amide bonds. The van der Waals surface area contributed by atoms with Crippen LogP contribution in [-0.4, -0.2) is 69.9 Å². The van der Waals surface area contributed by atoms with Gasteiger partial charge >= 0.3 is 0 Å². The summed E-state index contributed by atoms with van der Waals surface area (Å²) in [5, 5.41) is 16.1. The molecule has 2 aromatic heterocycles. The molecular formula is C17H27N7O. The van der Waals surface area contributed by atoms with Crippen LogP contribution in [0.25, 0.3) is 5.65 Å². The summed E-state index contributed by atoms with van der Waals surface area (Å²) in [6, 6.07) is 4.13. The molecule has 1 aliphatic rings. The quantitative estimate of drug-likeness (QED) is 0.831. The van der Waals surface area contributed by atoms with Crippen LogP contribution in [0.3, 0.4) is 0 Å². The summed E-state index contributed by atoms with van der Waals surface area (Å²) in [5.41, 5.74) is 0.718. The summed E-state index contributed by atoms with van der Waals surface area (Å²) in [5.74, 6) is 1.71. The number of aryl methyl sites for hydroxylation is 1. The number of carbonyl (C=O) groups excluding carboxylic acids is 1. The SMILES string of the molecule is CCC(C)NC(=O)CCc1nnc2ccc(N3CCN(C)CC3)nn12. The van der Waals surface area contributed by atoms with E-state index in [4.69, 9.17) is 5.10 Å². The number of rotatable bonds is 6. The van der Waals surface area contributed by atoms with Gasteiger partial charge in [0.05, 0.1) is 0 Å². The number of likely N-dealkylation sites (N-methyl/N-ethyl adjacent to an activating group) is 1. The van der Waals surface area contributed by atoms with Crippen LogP contribution in [0.15, 0.2) is 12.1 Å². The molecule has 0 radical (unpaired) electrons. The molecule has 0 aliphatic carbocycles. The molecule has 0 spiro atoms. The monoisotopic (exact) mass is 345 g/mol. The van der Waals surface area contributed by atoms with Crippen molar-refractivity contribution in [3.63, 3.8) is 0 Å². The van der Waals surface area contributed by atoms with Crippen LogP contribution >= 0.6 is 0 Å². The van der Waals surface area contributed by atoms with Gasteiger partial charge in [0.1, 0.15) is 5.82 Å². The molecule has 1 aliphatic heterocycles. The Bertz CT molecular complexity index is 721. The average Bonchev–Trinajstić information content (AvgIpc) is 3.02. The first-order valence-corrected chi connectivity index (χ1v) is 9.01. The molecule has 3 heterocycles. The molecule has 0 saturated carbocycles. The fourth-order valence-corrected chi connectivity index (χ4v) is 2.86. The molecule has 0 aromatic carbocycles. The summed E-state index contributed by atoms with van der Waals surface area (Å²) < 4.78 is 1.77. The molecule has 8 nitrogen and oxygen atoms in total. The van der Waals surface area contributed by atoms with Crippen molar-refractivity contribution in [3.05, 3.63) is 18.0 Å². The van der Waals surface area contributed by atoms with Gasteiger partial charge in [0.15, 0.2) is 11.5 Å². The van der Waals surface area contributed by atoms with E-state index in [0.717, 1.165) is 49.9 Å². The fraction of sp³-hybridized carbons (Fsp3) is 0.647. The molecule has 3 rings (SSSR count). The first kappa shape index (κ1) is 17.6. The predicted octanol–water partition coefficient (Wildman–Crippen LogP) is 0.723. The first-order chi connectivity index (χ1) is 12.1. The van der Waals surface area contributed by atoms with Gasteiger partial charge in [-0.2, -0.15) is 4.52 Å². The maximum Gasteiger partial charge on any atom is 0.220 e. The van der Waals surface area contributed by atoms with Crippen LogP contribution in [-0.2, 0) is 11.2 Å². The highest BCUT2D eigenvalue weighted by molar-refractivity contribution is 5.76. The van der Waals surface area contributed by atoms with Crippen molar-refractivity contribution >= 4 is 17.4 Å². The van der Waals surface area contributed by atoms with Crippen molar-refractivity contribution in [3.8, 4) is 0 Å². The molecule has 1 N–H and O–H groups in total. The van der Waals surface area contributed by atoms with Crippen molar-refractivity contribution in [1.82, 2.24) is 30.0 Å². The van der Waals surface area contributed by atoms with Crippen molar-refractivity contribution < 1.29 is 4.79 Å². The third kappa shape index (κ3) is 4.25. The van der Waals surface area contributed by atoms with Gasteiger partial charge in [-0.05, 0) is 32.5 Å². The molecule has 0 bridgehead atoms. The van der Waals surface area contributed by atoms with Gasteiger partial charge in [-0.25, -0.2) is 0 Å². The van der Waals surface area contributed by atoms with Crippen LogP contribution in [0.5, 0.6) is 0 Å². The minimum atomic E-state index is 0.0429. The highest BCUT2D eigenvalue weighted by Gasteiger charge is 2.17. The highest BCUT2D eigenvalue weighted by Crippen LogP contribution is 2.15. The summed E-state index contributed by atoms with van der Waals surface area (Å²) in [7, 11) is 2.14. The zero-order valence-electron chi connectivity index (χ0n) is 15.3. The molecule has 25 heavy (non-hydrogen) atoms. The number of hydrogen-bond donors (Lipinski definition) is 1. The lowest BCUT2D eigenvalue weighted by molar-refractivity contribution is -0.121. The summed E-state index contributed by atoms with van der Waals surface area (Å²) >= 11 is 0. The van der Waals surface area contributed by atoms with E-state index < -0.39 is 0 Å². The number of piperazine rings is 1. The Kier molecular flexibility index (Phi) is 5.47. The van der Waals surface area contributed by atoms with Crippen LogP contribution in [0.1, 0.15) is 32.5 Å². The fourth-order valence-electron chi connectivity index (χ4n) is 2.86. The minimum Gasteiger partial charge on any atom is -0.354 e. The largest absolute Gasteiger partial charge is 0.354 e. The summed E-state index contributed by atoms with van der Waals surface area (Å²) in [6.45, 7) is 8.05. The Morgan fingerprint density at radius 2 is 2.00 bits per heavy atom. The molecule has 136 valence electrons. The van der Waals surface area contributed by atoms with Crippen molar-refractivity contribution in [2.75, 3.05) is 38.1 Å². The number of hydrogen-bond acceptors (Lipinski definition) is 6. The van der Waals surface area contributed by atoms with Crippen molar-refractivity contribution in [1.29, 1.82) is 0 Å². The highest BCUT2D eigenvalue weighted by atomic mass is 16.1. The van der Waals surface area contributed by atoms with E-state index in [2.05, 4.69) is 39.3 Å². The van der Waals surface area contributed by atoms with E-state index in [-0.39, 0.29) is 11.9 Å². The Morgan fingerprint density at radius 3 is 2.72 bits per heavy atom. The molecule has 2 aromatic rings. The molecular weight excluding hydrogens is 318 g/mol. The lowest BCUT2D eigenvalue weighted by Gasteiger charge is -2.33. The number of amides is 1. The van der Waals surface area contributed by atoms with Crippen LogP contribution in [0, 0.1) is 0 Å². The Balaban J connectivity index is 1.69. The van der Waals surface area contributed by atoms with Gasteiger partial charge < -0.3 is 15.1 Å². The third-order valence-electron chi connectivity index (χ3n) is 4.74. The van der Waals surface area contributed by atoms with Gasteiger partial charge in [-0.15, -0.1) is 15.3 Å². The van der Waals surface area contributed by atoms with Crippen LogP contribution in [0.2, 0.25) is 0 Å². The first-order valence-electron chi connectivity index (χ1n) is 9.01. The number of carbonyl (C=O) groups is 1. The molecule has 1 fully saturated rings. The van der Waals surface area contributed by atoms with Crippen LogP contribution in [0.4, 0.5) is 5.82 Å². The second-order valence-corrected chi connectivity index (χ2v) is 6.74. The van der Waals surface area contributed by atoms with Crippen molar-refractivity contribution in [2.45, 2.75) is 39.2 Å². The molecule has 8 heteroatoms. The Labute approximate surface area is 148 Å². The number of nitrogens with one attached hydrogen (secondary N) is 1. The normalized spacial score (nSPS) is 17.0. The van der Waals surface area contributed by atoms with E-state index in [1.54, 1.807) is 4.52 Å². The second kappa shape index (κ2) is 7.77. The summed E-state index contributed by atoms with van der Waals surface area (Å²) in [6.07, 6.45) is 1.85. The van der Waals surface area contributed by atoms with E-state index in [1.165, 1.54) is 0 Å². The maximum atomic E-state index is 12.0. The number of anilines is 1. The average molecular weight is 345 g/mol. The van der Waals surface area contributed by atoms with Gasteiger partial charge in [-0.1, -0.05) is 6.92 Å². The molecule has 1 saturated heterocycles. The zero-order valence-corrected chi connectivity index (χ0v) is 15.3. The van der Waals surface area contributed by atoms with Gasteiger partial charge in [0.2, 0.25) is 5.91 Å². The van der Waals surface area contributed by atoms with E-state index in [0.29, 0.717) is 12.8 Å². The van der Waals surface area contributed by atoms with Gasteiger partial charge in [0.25, 0.3) is 0 Å². The smallest absolute Gasteiger partial charge is 0.220 e. The van der Waals surface area contributed by atoms with Gasteiger partial charge in [0, 0.05) is 45.1 Å². The zero-order chi connectivity index (χ0) is 17.8.